The highest BCUT2D eigenvalue weighted by atomic mass is 16.5. The van der Waals surface area contributed by atoms with Gasteiger partial charge in [-0.05, 0) is 56.0 Å². The van der Waals surface area contributed by atoms with Crippen LogP contribution in [-0.2, 0) is 4.74 Å². The molecule has 1 saturated heterocycles. The molecule has 2 aromatic carbocycles. The summed E-state index contributed by atoms with van der Waals surface area (Å²) in [5, 5.41) is 12.9. The summed E-state index contributed by atoms with van der Waals surface area (Å²) in [4.78, 5) is 14.4. The average molecular weight is 394 g/mol. The van der Waals surface area contributed by atoms with Gasteiger partial charge in [0.15, 0.2) is 0 Å². The Hall–Kier alpha value is -3.00. The van der Waals surface area contributed by atoms with E-state index in [0.29, 0.717) is 11.6 Å². The molecule has 1 aliphatic rings. The fraction of sp³-hybridized carbons (Fsp3) is 0.417. The van der Waals surface area contributed by atoms with Crippen LogP contribution in [0.3, 0.4) is 0 Å². The zero-order valence-electron chi connectivity index (χ0n) is 18.1. The number of benzene rings is 2. The zero-order valence-corrected chi connectivity index (χ0v) is 18.1. The number of ether oxygens (including phenoxy) is 1. The summed E-state index contributed by atoms with van der Waals surface area (Å²) in [5.41, 5.74) is 5.21. The number of rotatable bonds is 4. The minimum absolute atomic E-state index is 0.295. The molecule has 0 aliphatic carbocycles. The summed E-state index contributed by atoms with van der Waals surface area (Å²) < 4.78 is 4.93. The van der Waals surface area contributed by atoms with Crippen LogP contribution >= 0.6 is 0 Å². The molecular formula is C24H31N3O2. The number of esters is 1. The van der Waals surface area contributed by atoms with Crippen molar-refractivity contribution in [2.24, 2.45) is 0 Å². The highest BCUT2D eigenvalue weighted by Gasteiger charge is 2.22. The standard InChI is InChI=1S/C22H25N3O2.C2H6/c1-15-8-9-19(16(2)21(15)22(26)27-3)24-18-10-12-25(13-11-18)20-7-5-4-6-17(20)14-23;1-2/h4-9,18,24H,10-13H2,1-3H3;1-2H3. The number of carbonyl (C=O) groups excluding carboxylic acids is 1. The largest absolute Gasteiger partial charge is 0.465 e. The van der Waals surface area contributed by atoms with E-state index < -0.39 is 0 Å². The number of nitriles is 1. The lowest BCUT2D eigenvalue weighted by Crippen LogP contribution is -2.39. The van der Waals surface area contributed by atoms with Crippen molar-refractivity contribution in [2.45, 2.75) is 46.6 Å². The van der Waals surface area contributed by atoms with Crippen LogP contribution in [0.4, 0.5) is 11.4 Å². The third kappa shape index (κ3) is 5.08. The quantitative estimate of drug-likeness (QED) is 0.735. The maximum absolute atomic E-state index is 12.1. The molecule has 0 amide bonds. The number of anilines is 2. The van der Waals surface area contributed by atoms with Crippen LogP contribution in [0.1, 0.15) is 53.7 Å². The summed E-state index contributed by atoms with van der Waals surface area (Å²) in [6.07, 6.45) is 1.95. The first kappa shape index (κ1) is 22.3. The van der Waals surface area contributed by atoms with Gasteiger partial charge in [-0.25, -0.2) is 4.79 Å². The van der Waals surface area contributed by atoms with E-state index in [4.69, 9.17) is 4.74 Å². The number of methoxy groups -OCH3 is 1. The van der Waals surface area contributed by atoms with Crippen LogP contribution in [0.15, 0.2) is 36.4 Å². The van der Waals surface area contributed by atoms with Gasteiger partial charge in [0.2, 0.25) is 0 Å². The van der Waals surface area contributed by atoms with Gasteiger partial charge in [0, 0.05) is 24.8 Å². The molecule has 29 heavy (non-hydrogen) atoms. The molecule has 3 rings (SSSR count). The second-order valence-electron chi connectivity index (χ2n) is 6.96. The fourth-order valence-electron chi connectivity index (χ4n) is 3.75. The molecular weight excluding hydrogens is 362 g/mol. The van der Waals surface area contributed by atoms with E-state index in [0.717, 1.165) is 54.0 Å². The van der Waals surface area contributed by atoms with E-state index in [2.05, 4.69) is 16.3 Å². The Kier molecular flexibility index (Phi) is 8.09. The Morgan fingerprint density at radius 3 is 2.41 bits per heavy atom. The lowest BCUT2D eigenvalue weighted by atomic mass is 9.98. The molecule has 0 spiro atoms. The number of piperidine rings is 1. The van der Waals surface area contributed by atoms with Gasteiger partial charge in [0.1, 0.15) is 6.07 Å². The van der Waals surface area contributed by atoms with Crippen LogP contribution in [0, 0.1) is 25.2 Å². The fourth-order valence-corrected chi connectivity index (χ4v) is 3.75. The molecule has 0 atom stereocenters. The van der Waals surface area contributed by atoms with Gasteiger partial charge in [-0.3, -0.25) is 0 Å². The van der Waals surface area contributed by atoms with Crippen molar-refractivity contribution < 1.29 is 9.53 Å². The molecule has 0 bridgehead atoms. The summed E-state index contributed by atoms with van der Waals surface area (Å²) >= 11 is 0. The maximum Gasteiger partial charge on any atom is 0.338 e. The van der Waals surface area contributed by atoms with Gasteiger partial charge < -0.3 is 15.0 Å². The van der Waals surface area contributed by atoms with E-state index in [1.54, 1.807) is 0 Å². The van der Waals surface area contributed by atoms with Crippen LogP contribution in [0.25, 0.3) is 0 Å². The molecule has 1 N–H and O–H groups in total. The predicted molar refractivity (Wildman–Crippen MR) is 119 cm³/mol. The van der Waals surface area contributed by atoms with E-state index in [9.17, 15) is 10.1 Å². The summed E-state index contributed by atoms with van der Waals surface area (Å²) in [6.45, 7) is 9.67. The van der Waals surface area contributed by atoms with Crippen LogP contribution in [-0.4, -0.2) is 32.2 Å². The lowest BCUT2D eigenvalue weighted by Gasteiger charge is -2.35. The molecule has 154 valence electrons. The van der Waals surface area contributed by atoms with Crippen molar-refractivity contribution in [2.75, 3.05) is 30.4 Å². The number of aryl methyl sites for hydroxylation is 1. The number of nitrogens with zero attached hydrogens (tertiary/aromatic N) is 2. The number of carbonyl (C=O) groups is 1. The molecule has 5 heteroatoms. The SMILES string of the molecule is CC.COC(=O)c1c(C)ccc(NC2CCN(c3ccccc3C#N)CC2)c1C. The molecule has 5 nitrogen and oxygen atoms in total. The van der Waals surface area contributed by atoms with Crippen molar-refractivity contribution in [1.29, 1.82) is 5.26 Å². The van der Waals surface area contributed by atoms with Crippen LogP contribution in [0.5, 0.6) is 0 Å². The van der Waals surface area contributed by atoms with Crippen LogP contribution in [0.2, 0.25) is 0 Å². The predicted octanol–water partition coefficient (Wildman–Crippen LogP) is 5.07. The van der Waals surface area contributed by atoms with Crippen LogP contribution < -0.4 is 10.2 Å². The first-order valence-corrected chi connectivity index (χ1v) is 10.2. The Morgan fingerprint density at radius 1 is 1.14 bits per heavy atom. The molecule has 0 saturated carbocycles. The van der Waals surface area contributed by atoms with Gasteiger partial charge >= 0.3 is 5.97 Å². The third-order valence-corrected chi connectivity index (χ3v) is 5.28. The number of hydrogen-bond acceptors (Lipinski definition) is 5. The van der Waals surface area contributed by atoms with Gasteiger partial charge in [-0.15, -0.1) is 0 Å². The second-order valence-corrected chi connectivity index (χ2v) is 6.96. The van der Waals surface area contributed by atoms with Gasteiger partial charge in [-0.2, -0.15) is 5.26 Å². The number of para-hydroxylation sites is 1. The van der Waals surface area contributed by atoms with Crippen molar-refractivity contribution in [3.8, 4) is 6.07 Å². The lowest BCUT2D eigenvalue weighted by molar-refractivity contribution is 0.0599. The van der Waals surface area contributed by atoms with Crippen molar-refractivity contribution >= 4 is 17.3 Å². The first-order chi connectivity index (χ1) is 14.0. The molecule has 0 radical (unpaired) electrons. The summed E-state index contributed by atoms with van der Waals surface area (Å²) in [6, 6.07) is 14.4. The van der Waals surface area contributed by atoms with Gasteiger partial charge in [0.25, 0.3) is 0 Å². The van der Waals surface area contributed by atoms with E-state index in [1.807, 2.05) is 64.1 Å². The minimum atomic E-state index is -0.295. The Bertz CT molecular complexity index is 878. The monoisotopic (exact) mass is 393 g/mol. The smallest absolute Gasteiger partial charge is 0.338 e. The number of hydrogen-bond donors (Lipinski definition) is 1. The molecule has 0 aromatic heterocycles. The average Bonchev–Trinajstić information content (AvgIpc) is 2.77. The van der Waals surface area contributed by atoms with Gasteiger partial charge in [-0.1, -0.05) is 32.0 Å². The molecule has 1 aliphatic heterocycles. The summed E-state index contributed by atoms with van der Waals surface area (Å²) in [5.74, 6) is -0.295. The minimum Gasteiger partial charge on any atom is -0.465 e. The highest BCUT2D eigenvalue weighted by molar-refractivity contribution is 5.94. The molecule has 1 heterocycles. The second kappa shape index (κ2) is 10.5. The number of nitrogens with one attached hydrogen (secondary N) is 1. The third-order valence-electron chi connectivity index (χ3n) is 5.28. The summed E-state index contributed by atoms with van der Waals surface area (Å²) in [7, 11) is 1.41. The Balaban J connectivity index is 0.00000145. The van der Waals surface area contributed by atoms with Crippen molar-refractivity contribution in [3.63, 3.8) is 0 Å². The molecule has 1 fully saturated rings. The zero-order chi connectivity index (χ0) is 21.4. The maximum atomic E-state index is 12.1. The highest BCUT2D eigenvalue weighted by Crippen LogP contribution is 2.28. The molecule has 0 unspecified atom stereocenters. The van der Waals surface area contributed by atoms with Crippen molar-refractivity contribution in [3.05, 3.63) is 58.7 Å². The molecule has 2 aromatic rings. The van der Waals surface area contributed by atoms with E-state index in [1.165, 1.54) is 7.11 Å². The van der Waals surface area contributed by atoms with E-state index in [-0.39, 0.29) is 5.97 Å². The van der Waals surface area contributed by atoms with E-state index >= 15 is 0 Å². The van der Waals surface area contributed by atoms with Crippen molar-refractivity contribution in [1.82, 2.24) is 0 Å². The Morgan fingerprint density at radius 2 is 1.79 bits per heavy atom. The topological polar surface area (TPSA) is 65.4 Å². The Labute approximate surface area is 174 Å². The first-order valence-electron chi connectivity index (χ1n) is 10.2. The normalized spacial score (nSPS) is 13.7. The van der Waals surface area contributed by atoms with Gasteiger partial charge in [0.05, 0.1) is 23.9 Å².